The largest absolute Gasteiger partial charge is 0.477 e. The summed E-state index contributed by atoms with van der Waals surface area (Å²) in [7, 11) is 0. The molecule has 0 fully saturated rings. The molecular formula is C12H19N3O2. The quantitative estimate of drug-likeness (QED) is 0.831. The van der Waals surface area contributed by atoms with E-state index in [0.29, 0.717) is 5.75 Å². The maximum absolute atomic E-state index is 11.8. The van der Waals surface area contributed by atoms with Gasteiger partial charge in [-0.05, 0) is 39.8 Å². The van der Waals surface area contributed by atoms with Crippen LogP contribution in [0.2, 0.25) is 0 Å². The van der Waals surface area contributed by atoms with E-state index in [-0.39, 0.29) is 17.3 Å². The average Bonchev–Trinajstić information content (AvgIpc) is 2.18. The predicted octanol–water partition coefficient (Wildman–Crippen LogP) is 1.35. The smallest absolute Gasteiger partial charge is 0.261 e. The van der Waals surface area contributed by atoms with Crippen molar-refractivity contribution < 1.29 is 9.53 Å². The highest BCUT2D eigenvalue weighted by molar-refractivity contribution is 5.81. The molecule has 1 rings (SSSR count). The normalized spacial score (nSPS) is 12.9. The van der Waals surface area contributed by atoms with Crippen molar-refractivity contribution in [3.05, 3.63) is 18.3 Å². The molecule has 0 saturated carbocycles. The first-order valence-corrected chi connectivity index (χ1v) is 5.49. The van der Waals surface area contributed by atoms with Crippen LogP contribution in [0.5, 0.6) is 5.75 Å². The van der Waals surface area contributed by atoms with Gasteiger partial charge >= 0.3 is 0 Å². The first kappa shape index (κ1) is 13.3. The molecule has 0 aromatic carbocycles. The zero-order valence-corrected chi connectivity index (χ0v) is 10.7. The fraction of sp³-hybridized carbons (Fsp3) is 0.500. The Morgan fingerprint density at radius 3 is 2.71 bits per heavy atom. The van der Waals surface area contributed by atoms with Crippen LogP contribution in [0.1, 0.15) is 27.7 Å². The second-order valence-electron chi connectivity index (χ2n) is 4.89. The highest BCUT2D eigenvalue weighted by Crippen LogP contribution is 2.18. The Labute approximate surface area is 101 Å². The molecule has 5 heteroatoms. The van der Waals surface area contributed by atoms with Gasteiger partial charge in [0.1, 0.15) is 0 Å². The number of hydrogen-bond donors (Lipinski definition) is 2. The van der Waals surface area contributed by atoms with Gasteiger partial charge in [-0.15, -0.1) is 0 Å². The second kappa shape index (κ2) is 5.03. The molecule has 0 bridgehead atoms. The Hall–Kier alpha value is -1.78. The first-order valence-electron chi connectivity index (χ1n) is 5.49. The van der Waals surface area contributed by atoms with Crippen LogP contribution in [-0.4, -0.2) is 22.5 Å². The Morgan fingerprint density at radius 2 is 2.18 bits per heavy atom. The molecule has 1 aromatic heterocycles. The van der Waals surface area contributed by atoms with Gasteiger partial charge in [-0.1, -0.05) is 0 Å². The topological polar surface area (TPSA) is 77.2 Å². The van der Waals surface area contributed by atoms with Crippen molar-refractivity contribution in [1.82, 2.24) is 10.3 Å². The van der Waals surface area contributed by atoms with Gasteiger partial charge in [0, 0.05) is 11.7 Å². The van der Waals surface area contributed by atoms with Crippen LogP contribution in [-0.2, 0) is 4.79 Å². The van der Waals surface area contributed by atoms with E-state index >= 15 is 0 Å². The summed E-state index contributed by atoms with van der Waals surface area (Å²) < 4.78 is 5.45. The van der Waals surface area contributed by atoms with Crippen LogP contribution >= 0.6 is 0 Å². The molecule has 5 nitrogen and oxygen atoms in total. The summed E-state index contributed by atoms with van der Waals surface area (Å²) in [5.41, 5.74) is 5.35. The van der Waals surface area contributed by atoms with Crippen molar-refractivity contribution in [3.63, 3.8) is 0 Å². The molecule has 0 spiro atoms. The summed E-state index contributed by atoms with van der Waals surface area (Å²) in [6.45, 7) is 7.41. The van der Waals surface area contributed by atoms with Gasteiger partial charge in [0.15, 0.2) is 17.7 Å². The number of nitrogens with zero attached hydrogens (tertiary/aromatic N) is 1. The summed E-state index contributed by atoms with van der Waals surface area (Å²) in [6, 6.07) is 3.39. The number of pyridine rings is 1. The lowest BCUT2D eigenvalue weighted by Crippen LogP contribution is -2.46. The maximum Gasteiger partial charge on any atom is 0.261 e. The van der Waals surface area contributed by atoms with E-state index < -0.39 is 6.10 Å². The standard InChI is InChI=1S/C12H19N3O2/c1-8(11(16)15-12(2,3)4)17-9-6-5-7-14-10(9)13/h5-8H,1-4H3,(H2,13,14)(H,15,16). The van der Waals surface area contributed by atoms with Gasteiger partial charge in [-0.25, -0.2) is 4.98 Å². The maximum atomic E-state index is 11.8. The van der Waals surface area contributed by atoms with E-state index in [4.69, 9.17) is 10.5 Å². The van der Waals surface area contributed by atoms with Crippen molar-refractivity contribution in [2.75, 3.05) is 5.73 Å². The molecule has 0 radical (unpaired) electrons. The lowest BCUT2D eigenvalue weighted by atomic mass is 10.1. The third-order valence-corrected chi connectivity index (χ3v) is 1.97. The molecule has 1 atom stereocenters. The molecule has 0 aliphatic rings. The Kier molecular flexibility index (Phi) is 3.93. The number of anilines is 1. The highest BCUT2D eigenvalue weighted by atomic mass is 16.5. The molecule has 94 valence electrons. The van der Waals surface area contributed by atoms with E-state index in [0.717, 1.165) is 0 Å². The Balaban J connectivity index is 2.64. The van der Waals surface area contributed by atoms with E-state index in [1.165, 1.54) is 0 Å². The zero-order chi connectivity index (χ0) is 13.1. The SMILES string of the molecule is CC(Oc1cccnc1N)C(=O)NC(C)(C)C. The van der Waals surface area contributed by atoms with E-state index in [9.17, 15) is 4.79 Å². The molecule has 0 aliphatic heterocycles. The minimum atomic E-state index is -0.610. The summed E-state index contributed by atoms with van der Waals surface area (Å²) in [6.07, 6.45) is 0.961. The number of carbonyl (C=O) groups excluding carboxylic acids is 1. The van der Waals surface area contributed by atoms with Gasteiger partial charge < -0.3 is 15.8 Å². The van der Waals surface area contributed by atoms with E-state index in [2.05, 4.69) is 10.3 Å². The fourth-order valence-corrected chi connectivity index (χ4v) is 1.22. The van der Waals surface area contributed by atoms with Crippen molar-refractivity contribution in [1.29, 1.82) is 0 Å². The van der Waals surface area contributed by atoms with Gasteiger partial charge in [0.2, 0.25) is 0 Å². The number of ether oxygens (including phenoxy) is 1. The first-order chi connectivity index (χ1) is 7.79. The Morgan fingerprint density at radius 1 is 1.53 bits per heavy atom. The third kappa shape index (κ3) is 4.30. The lowest BCUT2D eigenvalue weighted by Gasteiger charge is -2.23. The van der Waals surface area contributed by atoms with E-state index in [1.54, 1.807) is 25.3 Å². The van der Waals surface area contributed by atoms with E-state index in [1.807, 2.05) is 20.8 Å². The molecule has 1 heterocycles. The van der Waals surface area contributed by atoms with Gasteiger partial charge in [-0.2, -0.15) is 0 Å². The van der Waals surface area contributed by atoms with Crippen LogP contribution in [0.15, 0.2) is 18.3 Å². The molecule has 1 aromatic rings. The number of nitrogens with two attached hydrogens (primary N) is 1. The summed E-state index contributed by atoms with van der Waals surface area (Å²) in [5, 5.41) is 2.83. The number of nitrogen functional groups attached to an aromatic ring is 1. The molecule has 17 heavy (non-hydrogen) atoms. The molecule has 1 unspecified atom stereocenters. The second-order valence-corrected chi connectivity index (χ2v) is 4.89. The van der Waals surface area contributed by atoms with Crippen molar-refractivity contribution in [3.8, 4) is 5.75 Å². The minimum absolute atomic E-state index is 0.180. The van der Waals surface area contributed by atoms with Crippen LogP contribution in [0.4, 0.5) is 5.82 Å². The monoisotopic (exact) mass is 237 g/mol. The number of rotatable bonds is 3. The summed E-state index contributed by atoms with van der Waals surface area (Å²) in [5.74, 6) is 0.521. The van der Waals surface area contributed by atoms with Gasteiger partial charge in [0.25, 0.3) is 5.91 Å². The molecular weight excluding hydrogens is 218 g/mol. The van der Waals surface area contributed by atoms with Crippen molar-refractivity contribution in [2.45, 2.75) is 39.3 Å². The van der Waals surface area contributed by atoms with Crippen LogP contribution in [0.3, 0.4) is 0 Å². The lowest BCUT2D eigenvalue weighted by molar-refractivity contribution is -0.128. The Bertz CT molecular complexity index is 399. The number of nitrogens with one attached hydrogen (secondary N) is 1. The van der Waals surface area contributed by atoms with Gasteiger partial charge in [-0.3, -0.25) is 4.79 Å². The number of carbonyl (C=O) groups is 1. The van der Waals surface area contributed by atoms with Crippen molar-refractivity contribution >= 4 is 11.7 Å². The van der Waals surface area contributed by atoms with Crippen molar-refractivity contribution in [2.24, 2.45) is 0 Å². The number of hydrogen-bond acceptors (Lipinski definition) is 4. The predicted molar refractivity (Wildman–Crippen MR) is 66.6 cm³/mol. The van der Waals surface area contributed by atoms with Crippen LogP contribution in [0, 0.1) is 0 Å². The zero-order valence-electron chi connectivity index (χ0n) is 10.7. The minimum Gasteiger partial charge on any atom is -0.477 e. The molecule has 1 amide bonds. The third-order valence-electron chi connectivity index (χ3n) is 1.97. The summed E-state index contributed by atoms with van der Waals surface area (Å²) >= 11 is 0. The summed E-state index contributed by atoms with van der Waals surface area (Å²) in [4.78, 5) is 15.7. The molecule has 0 saturated heterocycles. The highest BCUT2D eigenvalue weighted by Gasteiger charge is 2.21. The average molecular weight is 237 g/mol. The molecule has 0 aliphatic carbocycles. The number of amides is 1. The fourth-order valence-electron chi connectivity index (χ4n) is 1.22. The molecule has 3 N–H and O–H groups in total. The van der Waals surface area contributed by atoms with Gasteiger partial charge in [0.05, 0.1) is 0 Å². The number of aromatic nitrogens is 1. The van der Waals surface area contributed by atoms with Crippen LogP contribution in [0.25, 0.3) is 0 Å². The van der Waals surface area contributed by atoms with Crippen LogP contribution < -0.4 is 15.8 Å².